The lowest BCUT2D eigenvalue weighted by Gasteiger charge is -2.29. The lowest BCUT2D eigenvalue weighted by atomic mass is 9.85. The van der Waals surface area contributed by atoms with Crippen LogP contribution in [0.25, 0.3) is 0 Å². The molecule has 1 saturated carbocycles. The Hall–Kier alpha value is -3.78. The van der Waals surface area contributed by atoms with Gasteiger partial charge in [0.05, 0.1) is 20.9 Å². The number of rotatable bonds is 7. The highest BCUT2D eigenvalue weighted by Crippen LogP contribution is 2.28. The van der Waals surface area contributed by atoms with Crippen molar-refractivity contribution in [1.82, 2.24) is 10.0 Å². The number of nitro benzene ring substituents is 1. The first kappa shape index (κ1) is 29.2. The van der Waals surface area contributed by atoms with Crippen molar-refractivity contribution in [2.45, 2.75) is 49.6 Å². The largest absolute Gasteiger partial charge is 0.349 e. The minimum atomic E-state index is -4.06. The number of benzene rings is 3. The van der Waals surface area contributed by atoms with Crippen LogP contribution < -0.4 is 10.0 Å². The monoisotopic (exact) mass is 583 g/mol. The molecule has 3 aromatic carbocycles. The smallest absolute Gasteiger partial charge is 0.286 e. The molecular formula is C29H27ClFN3O5S. The number of hydrogen-bond donors (Lipinski definition) is 2. The second-order valence-corrected chi connectivity index (χ2v) is 11.7. The molecule has 8 nitrogen and oxygen atoms in total. The van der Waals surface area contributed by atoms with E-state index in [0.29, 0.717) is 36.3 Å². The average molecular weight is 584 g/mol. The lowest BCUT2D eigenvalue weighted by Crippen LogP contribution is -2.41. The molecule has 3 aromatic rings. The van der Waals surface area contributed by atoms with Gasteiger partial charge in [-0.2, -0.15) is 0 Å². The third-order valence-corrected chi connectivity index (χ3v) is 8.68. The van der Waals surface area contributed by atoms with Gasteiger partial charge >= 0.3 is 0 Å². The van der Waals surface area contributed by atoms with Gasteiger partial charge in [0.2, 0.25) is 15.9 Å². The highest BCUT2D eigenvalue weighted by molar-refractivity contribution is 7.89. The normalized spacial score (nSPS) is 17.8. The van der Waals surface area contributed by atoms with E-state index in [9.17, 15) is 27.7 Å². The molecule has 1 amide bonds. The van der Waals surface area contributed by atoms with E-state index in [1.807, 2.05) is 6.92 Å². The number of carbonyl (C=O) groups is 1. The molecule has 40 heavy (non-hydrogen) atoms. The number of amides is 1. The molecule has 0 spiro atoms. The molecule has 1 atom stereocenters. The van der Waals surface area contributed by atoms with Crippen LogP contribution in [-0.4, -0.2) is 25.3 Å². The predicted molar refractivity (Wildman–Crippen MR) is 150 cm³/mol. The van der Waals surface area contributed by atoms with Crippen molar-refractivity contribution in [1.29, 1.82) is 0 Å². The molecule has 0 heterocycles. The van der Waals surface area contributed by atoms with E-state index in [1.165, 1.54) is 24.3 Å². The minimum Gasteiger partial charge on any atom is -0.349 e. The molecule has 0 aromatic heterocycles. The van der Waals surface area contributed by atoms with E-state index in [1.54, 1.807) is 36.4 Å². The van der Waals surface area contributed by atoms with Crippen molar-refractivity contribution >= 4 is 33.2 Å². The maximum absolute atomic E-state index is 13.2. The van der Waals surface area contributed by atoms with E-state index in [4.69, 9.17) is 11.6 Å². The molecule has 4 rings (SSSR count). The molecular weight excluding hydrogens is 557 g/mol. The Morgan fingerprint density at radius 2 is 1.68 bits per heavy atom. The summed E-state index contributed by atoms with van der Waals surface area (Å²) in [7, 11) is -4.06. The molecule has 11 heteroatoms. The van der Waals surface area contributed by atoms with Crippen molar-refractivity contribution in [3.8, 4) is 11.8 Å². The molecule has 208 valence electrons. The van der Waals surface area contributed by atoms with Crippen LogP contribution in [0.4, 0.5) is 10.1 Å². The summed E-state index contributed by atoms with van der Waals surface area (Å²) < 4.78 is 41.9. The van der Waals surface area contributed by atoms with Gasteiger partial charge in [-0.15, -0.1) is 0 Å². The Balaban J connectivity index is 1.38. The topological polar surface area (TPSA) is 118 Å². The van der Waals surface area contributed by atoms with Crippen LogP contribution in [-0.2, 0) is 14.8 Å². The Kier molecular flexibility index (Phi) is 9.20. The number of nitrogens with one attached hydrogen (secondary N) is 2. The van der Waals surface area contributed by atoms with Gasteiger partial charge in [-0.05, 0) is 74.6 Å². The number of hydrogen-bond acceptors (Lipinski definition) is 5. The van der Waals surface area contributed by atoms with Crippen molar-refractivity contribution in [3.05, 3.63) is 104 Å². The van der Waals surface area contributed by atoms with Gasteiger partial charge < -0.3 is 5.32 Å². The van der Waals surface area contributed by atoms with Gasteiger partial charge in [0.25, 0.3) is 5.69 Å². The van der Waals surface area contributed by atoms with E-state index < -0.39 is 26.7 Å². The zero-order valence-corrected chi connectivity index (χ0v) is 23.1. The van der Waals surface area contributed by atoms with Crippen LogP contribution in [0.3, 0.4) is 0 Å². The second-order valence-electron chi connectivity index (χ2n) is 9.62. The molecule has 1 aliphatic rings. The number of nitrogens with zero attached hydrogens (tertiary/aromatic N) is 1. The highest BCUT2D eigenvalue weighted by Gasteiger charge is 2.30. The molecule has 0 radical (unpaired) electrons. The first-order chi connectivity index (χ1) is 19.0. The third-order valence-electron chi connectivity index (χ3n) is 6.83. The summed E-state index contributed by atoms with van der Waals surface area (Å²) in [6.07, 6.45) is 1.83. The van der Waals surface area contributed by atoms with Crippen LogP contribution in [0.1, 0.15) is 55.3 Å². The van der Waals surface area contributed by atoms with Crippen molar-refractivity contribution in [3.63, 3.8) is 0 Å². The zero-order chi connectivity index (χ0) is 28.9. The summed E-state index contributed by atoms with van der Waals surface area (Å²) in [4.78, 5) is 23.5. The summed E-state index contributed by atoms with van der Waals surface area (Å²) in [5, 5.41) is 15.0. The van der Waals surface area contributed by atoms with Crippen molar-refractivity contribution < 1.29 is 22.5 Å². The average Bonchev–Trinajstić information content (AvgIpc) is 2.93. The fraction of sp³-hybridized carbons (Fsp3) is 0.276. The fourth-order valence-corrected chi connectivity index (χ4v) is 6.07. The Bertz CT molecular complexity index is 1580. The first-order valence-corrected chi connectivity index (χ1v) is 14.5. The third kappa shape index (κ3) is 7.24. The van der Waals surface area contributed by atoms with E-state index in [2.05, 4.69) is 21.9 Å². The Morgan fingerprint density at radius 1 is 1.02 bits per heavy atom. The van der Waals surface area contributed by atoms with Crippen molar-refractivity contribution in [2.24, 2.45) is 5.92 Å². The van der Waals surface area contributed by atoms with Crippen LogP contribution in [0, 0.1) is 33.7 Å². The Labute approximate surface area is 237 Å². The molecule has 1 aliphatic carbocycles. The van der Waals surface area contributed by atoms with Crippen LogP contribution in [0.5, 0.6) is 0 Å². The fourth-order valence-electron chi connectivity index (χ4n) is 4.56. The standard InChI is InChI=1S/C29H27ClFN3O5S/c1-19(20-8-13-24(31)14-9-20)32-29(35)23-10-15-25(16-11-23)33-40(38,39)26-17-12-22(28(18-26)34(36)37)7-6-21-4-2-3-5-27(21)30/h2-5,8-9,12-14,17-19,23,25,33H,10-11,15-16H2,1H3,(H,32,35)/t19-,23?,25?/m1/s1. The summed E-state index contributed by atoms with van der Waals surface area (Å²) in [6.45, 7) is 1.82. The summed E-state index contributed by atoms with van der Waals surface area (Å²) in [6, 6.07) is 15.6. The molecule has 0 aliphatic heterocycles. The van der Waals surface area contributed by atoms with Gasteiger partial charge in [0.1, 0.15) is 11.4 Å². The van der Waals surface area contributed by atoms with E-state index in [0.717, 1.165) is 11.6 Å². The van der Waals surface area contributed by atoms with Gasteiger partial charge in [-0.1, -0.05) is 47.7 Å². The van der Waals surface area contributed by atoms with E-state index >= 15 is 0 Å². The molecule has 0 saturated heterocycles. The van der Waals surface area contributed by atoms with Crippen LogP contribution in [0.15, 0.2) is 71.6 Å². The van der Waals surface area contributed by atoms with Crippen LogP contribution >= 0.6 is 11.6 Å². The Morgan fingerprint density at radius 3 is 2.33 bits per heavy atom. The SMILES string of the molecule is C[C@@H](NC(=O)C1CCC(NS(=O)(=O)c2ccc(C#Cc3ccccc3Cl)c([N+](=O)[O-])c2)CC1)c1ccc(F)cc1. The first-order valence-electron chi connectivity index (χ1n) is 12.7. The quantitative estimate of drug-likeness (QED) is 0.216. The number of nitro groups is 1. The predicted octanol–water partition coefficient (Wildman–Crippen LogP) is 5.50. The summed E-state index contributed by atoms with van der Waals surface area (Å²) >= 11 is 6.09. The van der Waals surface area contributed by atoms with Gasteiger partial charge in [0.15, 0.2) is 0 Å². The molecule has 0 unspecified atom stereocenters. The second kappa shape index (κ2) is 12.6. The maximum Gasteiger partial charge on any atom is 0.286 e. The lowest BCUT2D eigenvalue weighted by molar-refractivity contribution is -0.385. The van der Waals surface area contributed by atoms with Crippen LogP contribution in [0.2, 0.25) is 5.02 Å². The highest BCUT2D eigenvalue weighted by atomic mass is 35.5. The molecule has 0 bridgehead atoms. The summed E-state index contributed by atoms with van der Waals surface area (Å²) in [5.74, 6) is 4.73. The van der Waals surface area contributed by atoms with Gasteiger partial charge in [-0.3, -0.25) is 14.9 Å². The molecule has 2 N–H and O–H groups in total. The zero-order valence-electron chi connectivity index (χ0n) is 21.6. The maximum atomic E-state index is 13.2. The van der Waals surface area contributed by atoms with Gasteiger partial charge in [0, 0.05) is 23.6 Å². The van der Waals surface area contributed by atoms with Gasteiger partial charge in [-0.25, -0.2) is 17.5 Å². The number of sulfonamides is 1. The van der Waals surface area contributed by atoms with E-state index in [-0.39, 0.29) is 34.1 Å². The number of carbonyl (C=O) groups excluding carboxylic acids is 1. The molecule has 1 fully saturated rings. The van der Waals surface area contributed by atoms with Crippen molar-refractivity contribution in [2.75, 3.05) is 0 Å². The number of halogens is 2. The summed E-state index contributed by atoms with van der Waals surface area (Å²) in [5.41, 5.74) is 0.903. The minimum absolute atomic E-state index is 0.0604.